The minimum Gasteiger partial charge on any atom is -0.482 e. The summed E-state index contributed by atoms with van der Waals surface area (Å²) >= 11 is 0. The third-order valence-electron chi connectivity index (χ3n) is 2.98. The Balaban J connectivity index is 0.00000441. The predicted octanol–water partition coefficient (Wildman–Crippen LogP) is 2.12. The van der Waals surface area contributed by atoms with E-state index in [4.69, 9.17) is 10.5 Å². The van der Waals surface area contributed by atoms with Crippen molar-refractivity contribution in [2.75, 3.05) is 19.0 Å². The Hall–Kier alpha value is -1.79. The van der Waals surface area contributed by atoms with Crippen LogP contribution in [-0.2, 0) is 14.3 Å². The Kier molecular flexibility index (Phi) is 8.52. The first-order valence-corrected chi connectivity index (χ1v) is 6.79. The van der Waals surface area contributed by atoms with Gasteiger partial charge in [0.2, 0.25) is 5.91 Å². The molecule has 0 spiro atoms. The number of halogens is 1. The predicted molar refractivity (Wildman–Crippen MR) is 87.3 cm³/mol. The molecule has 1 atom stereocenters. The third-order valence-corrected chi connectivity index (χ3v) is 2.98. The Bertz CT molecular complexity index is 489. The van der Waals surface area contributed by atoms with E-state index in [9.17, 15) is 9.59 Å². The van der Waals surface area contributed by atoms with Gasteiger partial charge < -0.3 is 20.5 Å². The number of carbonyl (C=O) groups is 2. The second-order valence-corrected chi connectivity index (χ2v) is 5.01. The van der Waals surface area contributed by atoms with Crippen LogP contribution in [0.15, 0.2) is 24.3 Å². The molecule has 7 heteroatoms. The Morgan fingerprint density at radius 3 is 2.36 bits per heavy atom. The van der Waals surface area contributed by atoms with E-state index in [-0.39, 0.29) is 24.9 Å². The number of ether oxygens (including phenoxy) is 2. The number of hydrogen-bond donors (Lipinski definition) is 2. The maximum atomic E-state index is 12.0. The minimum absolute atomic E-state index is 0. The molecule has 0 fully saturated rings. The minimum atomic E-state index is -0.894. The highest BCUT2D eigenvalue weighted by atomic mass is 35.5. The van der Waals surface area contributed by atoms with Crippen molar-refractivity contribution < 1.29 is 19.1 Å². The molecule has 1 amide bonds. The number of hydrogen-bond acceptors (Lipinski definition) is 5. The van der Waals surface area contributed by atoms with Crippen LogP contribution >= 0.6 is 12.4 Å². The number of rotatable bonds is 7. The first-order valence-electron chi connectivity index (χ1n) is 6.79. The van der Waals surface area contributed by atoms with Gasteiger partial charge in [0.15, 0.2) is 6.61 Å². The lowest BCUT2D eigenvalue weighted by atomic mass is 9.96. The summed E-state index contributed by atoms with van der Waals surface area (Å²) < 4.78 is 9.69. The number of nitrogens with two attached hydrogens (primary N) is 1. The molecule has 0 aliphatic heterocycles. The highest BCUT2D eigenvalue weighted by Crippen LogP contribution is 2.18. The average molecular weight is 331 g/mol. The van der Waals surface area contributed by atoms with Gasteiger partial charge in [-0.1, -0.05) is 13.3 Å². The second kappa shape index (κ2) is 9.27. The summed E-state index contributed by atoms with van der Waals surface area (Å²) in [5.74, 6) is -0.166. The van der Waals surface area contributed by atoms with Crippen LogP contribution in [0.5, 0.6) is 5.75 Å². The summed E-state index contributed by atoms with van der Waals surface area (Å²) in [7, 11) is 1.30. The summed E-state index contributed by atoms with van der Waals surface area (Å²) in [5, 5.41) is 2.76. The summed E-state index contributed by atoms with van der Waals surface area (Å²) in [6.07, 6.45) is 1.44. The molecule has 0 heterocycles. The number of carbonyl (C=O) groups excluding carboxylic acids is 2. The molecule has 3 N–H and O–H groups in total. The molecule has 0 aromatic heterocycles. The van der Waals surface area contributed by atoms with E-state index in [0.29, 0.717) is 17.9 Å². The Morgan fingerprint density at radius 2 is 1.86 bits per heavy atom. The van der Waals surface area contributed by atoms with Gasteiger partial charge in [0.25, 0.3) is 0 Å². The molecular formula is C15H23ClN2O4. The number of nitrogens with one attached hydrogen (secondary N) is 1. The third kappa shape index (κ3) is 6.32. The van der Waals surface area contributed by atoms with Crippen LogP contribution in [0.4, 0.5) is 5.69 Å². The van der Waals surface area contributed by atoms with E-state index in [1.165, 1.54) is 7.11 Å². The normalized spacial score (nSPS) is 12.5. The monoisotopic (exact) mass is 330 g/mol. The molecular weight excluding hydrogens is 308 g/mol. The van der Waals surface area contributed by atoms with Gasteiger partial charge >= 0.3 is 5.97 Å². The van der Waals surface area contributed by atoms with Gasteiger partial charge in [-0.25, -0.2) is 4.79 Å². The lowest BCUT2D eigenvalue weighted by Gasteiger charge is -2.22. The topological polar surface area (TPSA) is 90.7 Å². The number of anilines is 1. The van der Waals surface area contributed by atoms with Crippen molar-refractivity contribution in [2.45, 2.75) is 32.2 Å². The van der Waals surface area contributed by atoms with E-state index in [1.54, 1.807) is 31.2 Å². The average Bonchev–Trinajstić information content (AvgIpc) is 2.46. The van der Waals surface area contributed by atoms with Gasteiger partial charge in [0, 0.05) is 5.69 Å². The van der Waals surface area contributed by atoms with Crippen LogP contribution in [0.2, 0.25) is 0 Å². The highest BCUT2D eigenvalue weighted by Gasteiger charge is 2.27. The SMILES string of the molecule is CCCC(C)(N)C(=O)Nc1ccc(OCC(=O)OC)cc1.Cl. The van der Waals surface area contributed by atoms with E-state index < -0.39 is 11.5 Å². The largest absolute Gasteiger partial charge is 0.482 e. The van der Waals surface area contributed by atoms with E-state index in [2.05, 4.69) is 10.1 Å². The lowest BCUT2D eigenvalue weighted by Crippen LogP contribution is -2.48. The molecule has 1 aromatic carbocycles. The fraction of sp³-hybridized carbons (Fsp3) is 0.467. The maximum Gasteiger partial charge on any atom is 0.343 e. The fourth-order valence-electron chi connectivity index (χ4n) is 1.74. The lowest BCUT2D eigenvalue weighted by molar-refractivity contribution is -0.142. The molecule has 1 rings (SSSR count). The maximum absolute atomic E-state index is 12.0. The Morgan fingerprint density at radius 1 is 1.27 bits per heavy atom. The molecule has 1 unspecified atom stereocenters. The fourth-order valence-corrected chi connectivity index (χ4v) is 1.74. The van der Waals surface area contributed by atoms with Crippen LogP contribution in [0.3, 0.4) is 0 Å². The van der Waals surface area contributed by atoms with Crippen molar-refractivity contribution in [3.8, 4) is 5.75 Å². The zero-order valence-corrected chi connectivity index (χ0v) is 13.9. The molecule has 0 bridgehead atoms. The zero-order valence-electron chi connectivity index (χ0n) is 13.0. The van der Waals surface area contributed by atoms with Crippen LogP contribution in [0, 0.1) is 0 Å². The molecule has 1 aromatic rings. The van der Waals surface area contributed by atoms with Crippen LogP contribution in [0.25, 0.3) is 0 Å². The van der Waals surface area contributed by atoms with Crippen LogP contribution < -0.4 is 15.8 Å². The van der Waals surface area contributed by atoms with Gasteiger partial charge in [-0.15, -0.1) is 12.4 Å². The molecule has 0 saturated heterocycles. The molecule has 22 heavy (non-hydrogen) atoms. The van der Waals surface area contributed by atoms with Gasteiger partial charge in [-0.3, -0.25) is 4.79 Å². The first-order chi connectivity index (χ1) is 9.89. The summed E-state index contributed by atoms with van der Waals surface area (Å²) in [6.45, 7) is 3.53. The number of esters is 1. The molecule has 0 aliphatic rings. The smallest absolute Gasteiger partial charge is 0.343 e. The quantitative estimate of drug-likeness (QED) is 0.747. The highest BCUT2D eigenvalue weighted by molar-refractivity contribution is 5.97. The van der Waals surface area contributed by atoms with Crippen molar-refractivity contribution in [1.29, 1.82) is 0 Å². The van der Waals surface area contributed by atoms with Crippen LogP contribution in [0.1, 0.15) is 26.7 Å². The summed E-state index contributed by atoms with van der Waals surface area (Å²) in [5.41, 5.74) is 5.69. The van der Waals surface area contributed by atoms with Crippen molar-refractivity contribution in [2.24, 2.45) is 5.73 Å². The van der Waals surface area contributed by atoms with Crippen LogP contribution in [-0.4, -0.2) is 31.1 Å². The van der Waals surface area contributed by atoms with Gasteiger partial charge in [-0.2, -0.15) is 0 Å². The van der Waals surface area contributed by atoms with Gasteiger partial charge in [0.05, 0.1) is 12.6 Å². The first kappa shape index (κ1) is 20.2. The number of benzene rings is 1. The number of amides is 1. The van der Waals surface area contributed by atoms with Crippen molar-refractivity contribution in [3.63, 3.8) is 0 Å². The van der Waals surface area contributed by atoms with Gasteiger partial charge in [-0.05, 0) is 37.6 Å². The van der Waals surface area contributed by atoms with Crippen molar-refractivity contribution in [1.82, 2.24) is 0 Å². The van der Waals surface area contributed by atoms with E-state index in [0.717, 1.165) is 6.42 Å². The molecule has 124 valence electrons. The second-order valence-electron chi connectivity index (χ2n) is 5.01. The molecule has 0 saturated carbocycles. The standard InChI is InChI=1S/C15H22N2O4.ClH/c1-4-9-15(2,16)14(19)17-11-5-7-12(8-6-11)21-10-13(18)20-3;/h5-8H,4,9-10,16H2,1-3H3,(H,17,19);1H. The molecule has 0 aliphatic carbocycles. The van der Waals surface area contributed by atoms with Crippen molar-refractivity contribution in [3.05, 3.63) is 24.3 Å². The molecule has 6 nitrogen and oxygen atoms in total. The van der Waals surface area contributed by atoms with E-state index >= 15 is 0 Å². The number of methoxy groups -OCH3 is 1. The van der Waals surface area contributed by atoms with Gasteiger partial charge in [0.1, 0.15) is 5.75 Å². The van der Waals surface area contributed by atoms with E-state index in [1.807, 2.05) is 6.92 Å². The summed E-state index contributed by atoms with van der Waals surface area (Å²) in [4.78, 5) is 23.0. The molecule has 0 radical (unpaired) electrons. The van der Waals surface area contributed by atoms with Crippen molar-refractivity contribution >= 4 is 30.0 Å². The summed E-state index contributed by atoms with van der Waals surface area (Å²) in [6, 6.07) is 6.69. The Labute approximate surface area is 136 Å². The zero-order chi connectivity index (χ0) is 15.9.